The second-order valence-electron chi connectivity index (χ2n) is 5.40. The summed E-state index contributed by atoms with van der Waals surface area (Å²) in [4.78, 5) is 10.6. The van der Waals surface area contributed by atoms with E-state index in [0.29, 0.717) is 6.54 Å². The summed E-state index contributed by atoms with van der Waals surface area (Å²) in [6, 6.07) is 0. The van der Waals surface area contributed by atoms with Crippen LogP contribution in [0.1, 0.15) is 33.6 Å². The quantitative estimate of drug-likeness (QED) is 0.744. The summed E-state index contributed by atoms with van der Waals surface area (Å²) in [5, 5.41) is 11.9. The molecule has 4 heteroatoms. The van der Waals surface area contributed by atoms with E-state index in [4.69, 9.17) is 9.84 Å². The summed E-state index contributed by atoms with van der Waals surface area (Å²) in [5.41, 5.74) is 0.220. The van der Waals surface area contributed by atoms with Gasteiger partial charge in [0, 0.05) is 13.1 Å². The highest BCUT2D eigenvalue weighted by atomic mass is 16.5. The Kier molecular flexibility index (Phi) is 4.11. The van der Waals surface area contributed by atoms with Gasteiger partial charge in [-0.15, -0.1) is 0 Å². The topological polar surface area (TPSA) is 58.6 Å². The van der Waals surface area contributed by atoms with E-state index in [2.05, 4.69) is 26.1 Å². The Morgan fingerprint density at radius 2 is 2.00 bits per heavy atom. The second kappa shape index (κ2) is 4.94. The fraction of sp³-hybridized carbons (Fsp3) is 0.909. The van der Waals surface area contributed by atoms with Gasteiger partial charge in [0.1, 0.15) is 0 Å². The van der Waals surface area contributed by atoms with Crippen LogP contribution in [0.5, 0.6) is 0 Å². The van der Waals surface area contributed by atoms with Crippen molar-refractivity contribution in [3.63, 3.8) is 0 Å². The Morgan fingerprint density at radius 1 is 1.40 bits per heavy atom. The molecule has 0 aromatic carbocycles. The molecular formula is C11H21NO3. The zero-order valence-corrected chi connectivity index (χ0v) is 9.75. The fourth-order valence-electron chi connectivity index (χ4n) is 1.89. The molecule has 2 N–H and O–H groups in total. The highest BCUT2D eigenvalue weighted by Gasteiger charge is 2.27. The van der Waals surface area contributed by atoms with E-state index < -0.39 is 5.97 Å². The van der Waals surface area contributed by atoms with Gasteiger partial charge in [0.2, 0.25) is 0 Å². The van der Waals surface area contributed by atoms with Crippen molar-refractivity contribution in [3.05, 3.63) is 0 Å². The van der Waals surface area contributed by atoms with Crippen molar-refractivity contribution >= 4 is 5.97 Å². The van der Waals surface area contributed by atoms with Crippen molar-refractivity contribution in [1.82, 2.24) is 5.32 Å². The lowest BCUT2D eigenvalue weighted by atomic mass is 9.88. The normalized spacial score (nSPS) is 27.7. The Hall–Kier alpha value is -0.610. The van der Waals surface area contributed by atoms with Crippen LogP contribution in [0.4, 0.5) is 0 Å². The Labute approximate surface area is 91.0 Å². The van der Waals surface area contributed by atoms with Crippen molar-refractivity contribution in [2.75, 3.05) is 13.1 Å². The first-order valence-electron chi connectivity index (χ1n) is 5.45. The lowest BCUT2D eigenvalue weighted by Gasteiger charge is -2.33. The molecule has 0 aromatic heterocycles. The molecule has 2 unspecified atom stereocenters. The van der Waals surface area contributed by atoms with Gasteiger partial charge in [-0.05, 0) is 11.8 Å². The first-order chi connectivity index (χ1) is 6.87. The number of hydrogen-bond donors (Lipinski definition) is 2. The largest absolute Gasteiger partial charge is 0.481 e. The average Bonchev–Trinajstić information content (AvgIpc) is 1.99. The minimum absolute atomic E-state index is 0.0909. The lowest BCUT2D eigenvalue weighted by Crippen LogP contribution is -2.46. The molecule has 0 aromatic rings. The third-order valence-corrected chi connectivity index (χ3v) is 2.37. The number of ether oxygens (including phenoxy) is 1. The van der Waals surface area contributed by atoms with Gasteiger partial charge in [-0.2, -0.15) is 0 Å². The number of aliphatic carboxylic acids is 1. The maximum atomic E-state index is 10.6. The molecule has 4 nitrogen and oxygen atoms in total. The first-order valence-corrected chi connectivity index (χ1v) is 5.45. The van der Waals surface area contributed by atoms with Gasteiger partial charge in [0.25, 0.3) is 0 Å². The van der Waals surface area contributed by atoms with Crippen LogP contribution < -0.4 is 5.32 Å². The molecule has 1 heterocycles. The standard InChI is InChI=1S/C11H21NO3/c1-11(2,3)5-9-7-12-6-8(15-9)4-10(13)14/h8-9,12H,4-7H2,1-3H3,(H,13,14). The Bertz CT molecular complexity index is 222. The molecule has 1 fully saturated rings. The number of rotatable bonds is 3. The van der Waals surface area contributed by atoms with E-state index >= 15 is 0 Å². The van der Waals surface area contributed by atoms with Gasteiger partial charge in [0.15, 0.2) is 0 Å². The lowest BCUT2D eigenvalue weighted by molar-refractivity contribution is -0.143. The highest BCUT2D eigenvalue weighted by molar-refractivity contribution is 5.67. The summed E-state index contributed by atoms with van der Waals surface area (Å²) in [6.07, 6.45) is 1.01. The summed E-state index contributed by atoms with van der Waals surface area (Å²) in [6.45, 7) is 7.96. The first kappa shape index (κ1) is 12.5. The Balaban J connectivity index is 2.38. The van der Waals surface area contributed by atoms with E-state index in [0.717, 1.165) is 13.0 Å². The van der Waals surface area contributed by atoms with Crippen LogP contribution in [0, 0.1) is 5.41 Å². The third kappa shape index (κ3) is 5.14. The molecule has 0 bridgehead atoms. The van der Waals surface area contributed by atoms with Gasteiger partial charge >= 0.3 is 5.97 Å². The number of nitrogens with one attached hydrogen (secondary N) is 1. The summed E-state index contributed by atoms with van der Waals surface area (Å²) >= 11 is 0. The van der Waals surface area contributed by atoms with Crippen molar-refractivity contribution in [3.8, 4) is 0 Å². The minimum atomic E-state index is -0.793. The fourth-order valence-corrected chi connectivity index (χ4v) is 1.89. The second-order valence-corrected chi connectivity index (χ2v) is 5.40. The monoisotopic (exact) mass is 215 g/mol. The van der Waals surface area contributed by atoms with Crippen molar-refractivity contribution in [2.24, 2.45) is 5.41 Å². The van der Waals surface area contributed by atoms with Crippen LogP contribution in [0.15, 0.2) is 0 Å². The number of carboxylic acids is 1. The maximum absolute atomic E-state index is 10.6. The molecule has 0 radical (unpaired) electrons. The van der Waals surface area contributed by atoms with E-state index in [-0.39, 0.29) is 24.0 Å². The van der Waals surface area contributed by atoms with Gasteiger partial charge in [-0.1, -0.05) is 20.8 Å². The molecule has 0 aliphatic carbocycles. The molecule has 15 heavy (non-hydrogen) atoms. The van der Waals surface area contributed by atoms with Gasteiger partial charge in [-0.25, -0.2) is 0 Å². The highest BCUT2D eigenvalue weighted by Crippen LogP contribution is 2.24. The predicted molar refractivity (Wildman–Crippen MR) is 57.9 cm³/mol. The molecule has 1 saturated heterocycles. The summed E-state index contributed by atoms with van der Waals surface area (Å²) in [7, 11) is 0. The molecule has 88 valence electrons. The number of carbonyl (C=O) groups is 1. The van der Waals surface area contributed by atoms with Crippen LogP contribution in [-0.4, -0.2) is 36.4 Å². The maximum Gasteiger partial charge on any atom is 0.306 e. The zero-order valence-electron chi connectivity index (χ0n) is 9.75. The van der Waals surface area contributed by atoms with E-state index in [1.807, 2.05) is 0 Å². The van der Waals surface area contributed by atoms with E-state index in [9.17, 15) is 4.79 Å². The molecule has 1 aliphatic rings. The smallest absolute Gasteiger partial charge is 0.306 e. The van der Waals surface area contributed by atoms with Crippen LogP contribution >= 0.6 is 0 Å². The third-order valence-electron chi connectivity index (χ3n) is 2.37. The minimum Gasteiger partial charge on any atom is -0.481 e. The van der Waals surface area contributed by atoms with E-state index in [1.54, 1.807) is 0 Å². The van der Waals surface area contributed by atoms with Gasteiger partial charge in [0.05, 0.1) is 18.6 Å². The summed E-state index contributed by atoms with van der Waals surface area (Å²) in [5.74, 6) is -0.793. The number of hydrogen-bond acceptors (Lipinski definition) is 3. The SMILES string of the molecule is CC(C)(C)CC1CNCC(CC(=O)O)O1. The van der Waals surface area contributed by atoms with Crippen molar-refractivity contribution in [2.45, 2.75) is 45.8 Å². The van der Waals surface area contributed by atoms with Gasteiger partial charge < -0.3 is 15.2 Å². The molecule has 0 amide bonds. The van der Waals surface area contributed by atoms with E-state index in [1.165, 1.54) is 0 Å². The predicted octanol–water partition coefficient (Wildman–Crippen LogP) is 1.25. The molecule has 0 saturated carbocycles. The zero-order chi connectivity index (χ0) is 11.5. The molecule has 1 aliphatic heterocycles. The summed E-state index contributed by atoms with van der Waals surface area (Å²) < 4.78 is 5.73. The van der Waals surface area contributed by atoms with Crippen LogP contribution in [0.3, 0.4) is 0 Å². The van der Waals surface area contributed by atoms with Crippen LogP contribution in [-0.2, 0) is 9.53 Å². The molecule has 0 spiro atoms. The van der Waals surface area contributed by atoms with Crippen molar-refractivity contribution in [1.29, 1.82) is 0 Å². The van der Waals surface area contributed by atoms with Gasteiger partial charge in [-0.3, -0.25) is 4.79 Å². The molecule has 2 atom stereocenters. The number of morpholine rings is 1. The Morgan fingerprint density at radius 3 is 2.53 bits per heavy atom. The molecular weight excluding hydrogens is 194 g/mol. The van der Waals surface area contributed by atoms with Crippen molar-refractivity contribution < 1.29 is 14.6 Å². The molecule has 1 rings (SSSR count). The number of carboxylic acid groups (broad SMARTS) is 1. The van der Waals surface area contributed by atoms with Crippen LogP contribution in [0.25, 0.3) is 0 Å². The van der Waals surface area contributed by atoms with Crippen LogP contribution in [0.2, 0.25) is 0 Å². The average molecular weight is 215 g/mol.